The van der Waals surface area contributed by atoms with Crippen LogP contribution < -0.4 is 9.62 Å². The minimum Gasteiger partial charge on any atom is -0.352 e. The highest BCUT2D eigenvalue weighted by Crippen LogP contribution is 2.28. The maximum absolute atomic E-state index is 13.7. The summed E-state index contributed by atoms with van der Waals surface area (Å²) in [6.45, 7) is 6.88. The molecule has 0 aliphatic heterocycles. The second kappa shape index (κ2) is 12.6. The Morgan fingerprint density at radius 1 is 1.00 bits per heavy atom. The SMILES string of the molecule is CC[C@@H](C)NC(=O)[C@@H](CC)N(Cc1c(Cl)cccc1Cl)C(=O)CN(c1ccccc1C)S(C)(=O)=O. The predicted molar refractivity (Wildman–Crippen MR) is 142 cm³/mol. The number of carbonyl (C=O) groups is 2. The van der Waals surface area contributed by atoms with Crippen molar-refractivity contribution in [3.8, 4) is 0 Å². The van der Waals surface area contributed by atoms with Crippen molar-refractivity contribution in [2.24, 2.45) is 0 Å². The number of para-hydroxylation sites is 1. The highest BCUT2D eigenvalue weighted by Gasteiger charge is 2.33. The highest BCUT2D eigenvalue weighted by molar-refractivity contribution is 7.92. The van der Waals surface area contributed by atoms with Gasteiger partial charge in [0.25, 0.3) is 0 Å². The van der Waals surface area contributed by atoms with E-state index >= 15 is 0 Å². The Labute approximate surface area is 218 Å². The fourth-order valence-electron chi connectivity index (χ4n) is 3.65. The molecule has 0 bridgehead atoms. The summed E-state index contributed by atoms with van der Waals surface area (Å²) < 4.78 is 26.5. The van der Waals surface area contributed by atoms with E-state index in [0.29, 0.717) is 33.3 Å². The lowest BCUT2D eigenvalue weighted by molar-refractivity contribution is -0.140. The van der Waals surface area contributed by atoms with E-state index in [1.807, 2.05) is 13.8 Å². The molecule has 2 aromatic carbocycles. The van der Waals surface area contributed by atoms with Gasteiger partial charge >= 0.3 is 0 Å². The van der Waals surface area contributed by atoms with Gasteiger partial charge in [0.05, 0.1) is 11.9 Å². The average Bonchev–Trinajstić information content (AvgIpc) is 2.78. The van der Waals surface area contributed by atoms with E-state index in [1.165, 1.54) is 4.90 Å². The van der Waals surface area contributed by atoms with Crippen LogP contribution in [0.1, 0.15) is 44.7 Å². The number of rotatable bonds is 11. The number of nitrogens with one attached hydrogen (secondary N) is 1. The summed E-state index contributed by atoms with van der Waals surface area (Å²) >= 11 is 12.8. The summed E-state index contributed by atoms with van der Waals surface area (Å²) in [5.41, 5.74) is 1.59. The van der Waals surface area contributed by atoms with Crippen molar-refractivity contribution < 1.29 is 18.0 Å². The molecule has 192 valence electrons. The largest absolute Gasteiger partial charge is 0.352 e. The topological polar surface area (TPSA) is 86.8 Å². The summed E-state index contributed by atoms with van der Waals surface area (Å²) in [5.74, 6) is -0.860. The van der Waals surface area contributed by atoms with Crippen LogP contribution in [0.5, 0.6) is 0 Å². The Morgan fingerprint density at radius 2 is 1.60 bits per heavy atom. The van der Waals surface area contributed by atoms with Crippen molar-refractivity contribution in [3.05, 3.63) is 63.6 Å². The lowest BCUT2D eigenvalue weighted by Gasteiger charge is -2.34. The molecule has 0 aromatic heterocycles. The van der Waals surface area contributed by atoms with Gasteiger partial charge in [0.2, 0.25) is 21.8 Å². The van der Waals surface area contributed by atoms with E-state index in [-0.39, 0.29) is 18.5 Å². The number of hydrogen-bond acceptors (Lipinski definition) is 4. The van der Waals surface area contributed by atoms with Gasteiger partial charge in [0.15, 0.2) is 0 Å². The van der Waals surface area contributed by atoms with Crippen molar-refractivity contribution in [2.45, 2.75) is 59.2 Å². The number of sulfonamides is 1. The summed E-state index contributed by atoms with van der Waals surface area (Å²) in [6, 6.07) is 11.0. The normalized spacial score (nSPS) is 13.1. The molecule has 0 aliphatic rings. The monoisotopic (exact) mass is 541 g/mol. The van der Waals surface area contributed by atoms with Crippen LogP contribution in [0.2, 0.25) is 10.0 Å². The van der Waals surface area contributed by atoms with Crippen molar-refractivity contribution in [2.75, 3.05) is 17.1 Å². The van der Waals surface area contributed by atoms with Gasteiger partial charge in [-0.2, -0.15) is 0 Å². The Bertz CT molecular complexity index is 1140. The Kier molecular flexibility index (Phi) is 10.4. The minimum absolute atomic E-state index is 0.0465. The molecule has 2 rings (SSSR count). The Balaban J connectivity index is 2.52. The maximum Gasteiger partial charge on any atom is 0.244 e. The molecule has 7 nitrogen and oxygen atoms in total. The lowest BCUT2D eigenvalue weighted by Crippen LogP contribution is -2.53. The number of carbonyl (C=O) groups excluding carboxylic acids is 2. The number of benzene rings is 2. The molecule has 0 fully saturated rings. The second-order valence-electron chi connectivity index (χ2n) is 8.52. The molecule has 2 aromatic rings. The van der Waals surface area contributed by atoms with Gasteiger partial charge in [-0.3, -0.25) is 13.9 Å². The van der Waals surface area contributed by atoms with Crippen LogP contribution in [0.4, 0.5) is 5.69 Å². The van der Waals surface area contributed by atoms with Crippen molar-refractivity contribution in [1.29, 1.82) is 0 Å². The maximum atomic E-state index is 13.7. The predicted octanol–water partition coefficient (Wildman–Crippen LogP) is 4.79. The van der Waals surface area contributed by atoms with E-state index in [4.69, 9.17) is 23.2 Å². The van der Waals surface area contributed by atoms with Gasteiger partial charge in [-0.1, -0.05) is 61.3 Å². The number of anilines is 1. The number of halogens is 2. The van der Waals surface area contributed by atoms with E-state index in [2.05, 4.69) is 5.32 Å². The van der Waals surface area contributed by atoms with Crippen LogP contribution in [-0.4, -0.2) is 50.0 Å². The van der Waals surface area contributed by atoms with Gasteiger partial charge in [-0.15, -0.1) is 0 Å². The first-order chi connectivity index (χ1) is 16.4. The van der Waals surface area contributed by atoms with Gasteiger partial charge in [-0.05, 0) is 50.5 Å². The molecule has 0 spiro atoms. The van der Waals surface area contributed by atoms with Crippen LogP contribution in [-0.2, 0) is 26.2 Å². The first-order valence-corrected chi connectivity index (χ1v) is 14.1. The number of amides is 2. The first kappa shape index (κ1) is 28.9. The number of aryl methyl sites for hydroxylation is 1. The molecule has 2 atom stereocenters. The first-order valence-electron chi connectivity index (χ1n) is 11.5. The van der Waals surface area contributed by atoms with Crippen LogP contribution in [0.3, 0.4) is 0 Å². The average molecular weight is 543 g/mol. The van der Waals surface area contributed by atoms with E-state index < -0.39 is 28.5 Å². The van der Waals surface area contributed by atoms with Crippen LogP contribution in [0.15, 0.2) is 42.5 Å². The third kappa shape index (κ3) is 7.59. The highest BCUT2D eigenvalue weighted by atomic mass is 35.5. The third-order valence-corrected chi connectivity index (χ3v) is 7.68. The van der Waals surface area contributed by atoms with E-state index in [9.17, 15) is 18.0 Å². The van der Waals surface area contributed by atoms with E-state index in [0.717, 1.165) is 17.0 Å². The number of nitrogens with zero attached hydrogens (tertiary/aromatic N) is 2. The van der Waals surface area contributed by atoms with Crippen LogP contribution in [0, 0.1) is 6.92 Å². The lowest BCUT2D eigenvalue weighted by atomic mass is 10.1. The standard InChI is InChI=1S/C25H33Cl2N3O4S/c1-6-18(4)28-25(32)22(7-2)29(15-19-20(26)12-10-13-21(19)27)24(31)16-30(35(5,33)34)23-14-9-8-11-17(23)3/h8-14,18,22H,6-7,15-16H2,1-5H3,(H,28,32)/t18-,22-/m1/s1. The van der Waals surface area contributed by atoms with Gasteiger partial charge in [0, 0.05) is 28.2 Å². The van der Waals surface area contributed by atoms with Gasteiger partial charge in [-0.25, -0.2) is 8.42 Å². The molecule has 0 heterocycles. The Hall–Kier alpha value is -2.29. The summed E-state index contributed by atoms with van der Waals surface area (Å²) in [5, 5.41) is 3.63. The molecule has 0 saturated carbocycles. The molecular formula is C25H33Cl2N3O4S. The Morgan fingerprint density at radius 3 is 2.11 bits per heavy atom. The summed E-state index contributed by atoms with van der Waals surface area (Å²) in [4.78, 5) is 28.2. The van der Waals surface area contributed by atoms with Crippen LogP contribution >= 0.6 is 23.2 Å². The zero-order valence-electron chi connectivity index (χ0n) is 20.7. The second-order valence-corrected chi connectivity index (χ2v) is 11.2. The third-order valence-electron chi connectivity index (χ3n) is 5.84. The van der Waals surface area contributed by atoms with Crippen molar-refractivity contribution >= 4 is 50.7 Å². The molecule has 0 unspecified atom stereocenters. The van der Waals surface area contributed by atoms with Crippen LogP contribution in [0.25, 0.3) is 0 Å². The molecule has 10 heteroatoms. The zero-order valence-corrected chi connectivity index (χ0v) is 23.0. The quantitative estimate of drug-likeness (QED) is 0.443. The fourth-order valence-corrected chi connectivity index (χ4v) is 5.08. The molecule has 0 aliphatic carbocycles. The van der Waals surface area contributed by atoms with Crippen molar-refractivity contribution in [3.63, 3.8) is 0 Å². The molecule has 2 amide bonds. The molecule has 0 saturated heterocycles. The molecule has 0 radical (unpaired) electrons. The molecular weight excluding hydrogens is 509 g/mol. The summed E-state index contributed by atoms with van der Waals surface area (Å²) in [7, 11) is -3.80. The van der Waals surface area contributed by atoms with E-state index in [1.54, 1.807) is 56.3 Å². The molecule has 1 N–H and O–H groups in total. The summed E-state index contributed by atoms with van der Waals surface area (Å²) in [6.07, 6.45) is 2.09. The number of hydrogen-bond donors (Lipinski definition) is 1. The van der Waals surface area contributed by atoms with Crippen molar-refractivity contribution in [1.82, 2.24) is 10.2 Å². The van der Waals surface area contributed by atoms with Gasteiger partial charge < -0.3 is 10.2 Å². The zero-order chi connectivity index (χ0) is 26.3. The van der Waals surface area contributed by atoms with Gasteiger partial charge in [0.1, 0.15) is 12.6 Å². The minimum atomic E-state index is -3.80. The fraction of sp³-hybridized carbons (Fsp3) is 0.440. The molecule has 35 heavy (non-hydrogen) atoms. The smallest absolute Gasteiger partial charge is 0.244 e.